The second-order valence-corrected chi connectivity index (χ2v) is 9.47. The van der Waals surface area contributed by atoms with E-state index in [4.69, 9.17) is 9.88 Å². The summed E-state index contributed by atoms with van der Waals surface area (Å²) in [5.41, 5.74) is 0.808. The van der Waals surface area contributed by atoms with Gasteiger partial charge in [0, 0.05) is 19.1 Å². The first-order valence-corrected chi connectivity index (χ1v) is 12.5. The highest BCUT2D eigenvalue weighted by Crippen LogP contribution is 2.32. The fraction of sp³-hybridized carbons (Fsp3) is 0.261. The number of piperidine rings is 1. The van der Waals surface area contributed by atoms with E-state index in [1.807, 2.05) is 4.90 Å². The summed E-state index contributed by atoms with van der Waals surface area (Å²) in [6, 6.07) is 7.96. The first kappa shape index (κ1) is 25.4. The molecule has 2 aromatic carbocycles. The first-order chi connectivity index (χ1) is 17.1. The van der Waals surface area contributed by atoms with Crippen LogP contribution in [0.2, 0.25) is 0 Å². The van der Waals surface area contributed by atoms with E-state index in [9.17, 15) is 22.0 Å². The fourth-order valence-corrected chi connectivity index (χ4v) is 4.76. The van der Waals surface area contributed by atoms with Crippen molar-refractivity contribution in [2.24, 2.45) is 5.14 Å². The van der Waals surface area contributed by atoms with Crippen LogP contribution in [0.1, 0.15) is 23.3 Å². The number of anilines is 2. The van der Waals surface area contributed by atoms with Gasteiger partial charge in [0.05, 0.1) is 42.1 Å². The number of hydrogen-bond donors (Lipinski definition) is 3. The number of halogens is 2. The monoisotopic (exact) mass is 518 g/mol. The summed E-state index contributed by atoms with van der Waals surface area (Å²) in [6.07, 6.45) is 3.47. The van der Waals surface area contributed by atoms with Gasteiger partial charge in [-0.25, -0.2) is 18.9 Å². The predicted octanol–water partition coefficient (Wildman–Crippen LogP) is 2.44. The van der Waals surface area contributed by atoms with Crippen LogP contribution in [0.5, 0.6) is 5.75 Å². The Labute approximate surface area is 206 Å². The summed E-state index contributed by atoms with van der Waals surface area (Å²) >= 11 is 0. The molecular formula is C23H24F2N6O4S. The van der Waals surface area contributed by atoms with E-state index < -0.39 is 27.8 Å². The van der Waals surface area contributed by atoms with Crippen LogP contribution in [-0.2, 0) is 10.2 Å². The number of benzene rings is 2. The number of nitrogens with two attached hydrogens (primary N) is 1. The lowest BCUT2D eigenvalue weighted by Gasteiger charge is -2.34. The van der Waals surface area contributed by atoms with Crippen molar-refractivity contribution in [1.82, 2.24) is 14.7 Å². The lowest BCUT2D eigenvalue weighted by Crippen LogP contribution is -2.46. The number of nitrogens with one attached hydrogen (secondary N) is 2. The highest BCUT2D eigenvalue weighted by Gasteiger charge is 2.24. The molecule has 1 saturated heterocycles. The Morgan fingerprint density at radius 3 is 2.61 bits per heavy atom. The van der Waals surface area contributed by atoms with Gasteiger partial charge in [0.2, 0.25) is 0 Å². The highest BCUT2D eigenvalue weighted by molar-refractivity contribution is 7.87. The highest BCUT2D eigenvalue weighted by atomic mass is 32.2. The molecule has 36 heavy (non-hydrogen) atoms. The van der Waals surface area contributed by atoms with E-state index in [2.05, 4.69) is 20.0 Å². The van der Waals surface area contributed by atoms with Crippen LogP contribution in [0.15, 0.2) is 48.8 Å². The summed E-state index contributed by atoms with van der Waals surface area (Å²) in [7, 11) is -2.43. The summed E-state index contributed by atoms with van der Waals surface area (Å²) in [5, 5.41) is 7.71. The van der Waals surface area contributed by atoms with E-state index in [0.717, 1.165) is 0 Å². The third kappa shape index (κ3) is 5.93. The van der Waals surface area contributed by atoms with Gasteiger partial charge in [-0.05, 0) is 43.2 Å². The SMILES string of the molecule is COc1cccc(F)c1-c1cncc(C(=O)Nc2cc(F)ccc2N2CCC(NS(N)(=O)=O)CC2)n1. The molecule has 1 fully saturated rings. The molecule has 1 aliphatic rings. The zero-order chi connectivity index (χ0) is 25.9. The van der Waals surface area contributed by atoms with Gasteiger partial charge in [0.25, 0.3) is 16.1 Å². The van der Waals surface area contributed by atoms with E-state index in [1.165, 1.54) is 49.8 Å². The first-order valence-electron chi connectivity index (χ1n) is 11.0. The Morgan fingerprint density at radius 1 is 1.17 bits per heavy atom. The number of ether oxygens (including phenoxy) is 1. The minimum atomic E-state index is -3.82. The summed E-state index contributed by atoms with van der Waals surface area (Å²) < 4.78 is 58.7. The molecule has 4 rings (SSSR count). The molecule has 2 heterocycles. The molecule has 0 radical (unpaired) electrons. The number of carbonyl (C=O) groups excluding carboxylic acids is 1. The molecule has 0 saturated carbocycles. The van der Waals surface area contributed by atoms with Crippen LogP contribution >= 0.6 is 0 Å². The summed E-state index contributed by atoms with van der Waals surface area (Å²) in [4.78, 5) is 23.2. The molecule has 1 amide bonds. The summed E-state index contributed by atoms with van der Waals surface area (Å²) in [5.74, 6) is -1.59. The van der Waals surface area contributed by atoms with Crippen molar-refractivity contribution in [3.63, 3.8) is 0 Å². The zero-order valence-corrected chi connectivity index (χ0v) is 20.1. The lowest BCUT2D eigenvalue weighted by molar-refractivity contribution is 0.102. The number of hydrogen-bond acceptors (Lipinski definition) is 7. The molecule has 0 atom stereocenters. The standard InChI is InChI=1S/C23H24F2N6O4S/c1-35-21-4-2-3-16(25)22(21)18-12-27-13-19(28-18)23(32)29-17-11-14(24)5-6-20(17)31-9-7-15(8-10-31)30-36(26,33)34/h2-6,11-13,15,30H,7-10H2,1H3,(H,29,32)(H2,26,33,34). The number of methoxy groups -OCH3 is 1. The molecule has 190 valence electrons. The minimum absolute atomic E-state index is 0.0598. The zero-order valence-electron chi connectivity index (χ0n) is 19.2. The smallest absolute Gasteiger partial charge is 0.275 e. The Bertz CT molecular complexity index is 1380. The van der Waals surface area contributed by atoms with Crippen LogP contribution in [-0.4, -0.2) is 50.5 Å². The number of rotatable bonds is 7. The maximum atomic E-state index is 14.5. The normalized spacial score (nSPS) is 14.5. The Kier molecular flexibility index (Phi) is 7.43. The van der Waals surface area contributed by atoms with Gasteiger partial charge in [0.1, 0.15) is 23.1 Å². The number of nitrogens with zero attached hydrogens (tertiary/aromatic N) is 3. The molecule has 0 spiro atoms. The van der Waals surface area contributed by atoms with Crippen LogP contribution in [0, 0.1) is 11.6 Å². The van der Waals surface area contributed by atoms with E-state index in [1.54, 1.807) is 6.07 Å². The van der Waals surface area contributed by atoms with Gasteiger partial charge in [0.15, 0.2) is 0 Å². The van der Waals surface area contributed by atoms with Crippen molar-refractivity contribution in [2.75, 3.05) is 30.4 Å². The average Bonchev–Trinajstić information content (AvgIpc) is 2.83. The Hall–Kier alpha value is -3.68. The van der Waals surface area contributed by atoms with Crippen molar-refractivity contribution in [3.8, 4) is 17.0 Å². The number of aromatic nitrogens is 2. The van der Waals surface area contributed by atoms with Gasteiger partial charge in [-0.1, -0.05) is 6.07 Å². The second-order valence-electron chi connectivity index (χ2n) is 8.15. The third-order valence-corrected chi connectivity index (χ3v) is 6.35. The second kappa shape index (κ2) is 10.5. The lowest BCUT2D eigenvalue weighted by atomic mass is 10.0. The third-order valence-electron chi connectivity index (χ3n) is 5.69. The minimum Gasteiger partial charge on any atom is -0.496 e. The fourth-order valence-electron chi connectivity index (χ4n) is 4.06. The van der Waals surface area contributed by atoms with Crippen molar-refractivity contribution in [1.29, 1.82) is 0 Å². The van der Waals surface area contributed by atoms with E-state index >= 15 is 0 Å². The molecule has 0 bridgehead atoms. The maximum Gasteiger partial charge on any atom is 0.275 e. The van der Waals surface area contributed by atoms with Crippen LogP contribution in [0.25, 0.3) is 11.3 Å². The number of amides is 1. The molecule has 0 aliphatic carbocycles. The van der Waals surface area contributed by atoms with Gasteiger partial charge >= 0.3 is 0 Å². The van der Waals surface area contributed by atoms with Crippen LogP contribution in [0.4, 0.5) is 20.2 Å². The molecule has 10 nitrogen and oxygen atoms in total. The topological polar surface area (TPSA) is 140 Å². The number of carbonyl (C=O) groups is 1. The molecule has 1 aliphatic heterocycles. The van der Waals surface area contributed by atoms with Crippen molar-refractivity contribution in [3.05, 3.63) is 66.1 Å². The Balaban J connectivity index is 1.55. The predicted molar refractivity (Wildman–Crippen MR) is 130 cm³/mol. The van der Waals surface area contributed by atoms with E-state index in [0.29, 0.717) is 31.6 Å². The summed E-state index contributed by atoms with van der Waals surface area (Å²) in [6.45, 7) is 0.897. The molecule has 4 N–H and O–H groups in total. The maximum absolute atomic E-state index is 14.5. The molecular weight excluding hydrogens is 494 g/mol. The van der Waals surface area contributed by atoms with Crippen LogP contribution in [0.3, 0.4) is 0 Å². The Morgan fingerprint density at radius 2 is 1.92 bits per heavy atom. The van der Waals surface area contributed by atoms with Gasteiger partial charge in [-0.2, -0.15) is 13.1 Å². The molecule has 0 unspecified atom stereocenters. The van der Waals surface area contributed by atoms with Gasteiger partial charge < -0.3 is 15.0 Å². The van der Waals surface area contributed by atoms with Crippen molar-refractivity contribution in [2.45, 2.75) is 18.9 Å². The molecule has 13 heteroatoms. The van der Waals surface area contributed by atoms with E-state index in [-0.39, 0.29) is 34.4 Å². The quantitative estimate of drug-likeness (QED) is 0.437. The van der Waals surface area contributed by atoms with Gasteiger partial charge in [-0.3, -0.25) is 9.78 Å². The van der Waals surface area contributed by atoms with Crippen LogP contribution < -0.4 is 24.8 Å². The molecule has 1 aromatic heterocycles. The average molecular weight is 519 g/mol. The molecule has 3 aromatic rings. The van der Waals surface area contributed by atoms with Gasteiger partial charge in [-0.15, -0.1) is 0 Å². The van der Waals surface area contributed by atoms with Crippen molar-refractivity contribution < 1.29 is 26.7 Å². The van der Waals surface area contributed by atoms with Crippen molar-refractivity contribution >= 4 is 27.5 Å². The largest absolute Gasteiger partial charge is 0.496 e.